The molecular formula is C16H25NO3. The Hall–Kier alpha value is -1.39. The smallest absolute Gasteiger partial charge is 0.227 e. The van der Waals surface area contributed by atoms with Crippen LogP contribution in [0.15, 0.2) is 30.3 Å². The van der Waals surface area contributed by atoms with Crippen molar-refractivity contribution in [2.45, 2.75) is 25.7 Å². The molecule has 0 bridgehead atoms. The number of ether oxygens (including phenoxy) is 2. The minimum Gasteiger partial charge on any atom is -0.382 e. The molecule has 1 rings (SSSR count). The Morgan fingerprint density at radius 1 is 1.20 bits per heavy atom. The maximum atomic E-state index is 12.1. The second-order valence-electron chi connectivity index (χ2n) is 4.62. The highest BCUT2D eigenvalue weighted by Crippen LogP contribution is 2.18. The highest BCUT2D eigenvalue weighted by molar-refractivity contribution is 5.83. The van der Waals surface area contributed by atoms with Crippen LogP contribution >= 0.6 is 0 Å². The number of benzene rings is 1. The van der Waals surface area contributed by atoms with Crippen LogP contribution in [0, 0.1) is 0 Å². The van der Waals surface area contributed by atoms with Crippen molar-refractivity contribution in [2.24, 2.45) is 0 Å². The van der Waals surface area contributed by atoms with Crippen LogP contribution in [-0.4, -0.2) is 39.4 Å². The van der Waals surface area contributed by atoms with Gasteiger partial charge in [0.2, 0.25) is 5.91 Å². The van der Waals surface area contributed by atoms with Crippen molar-refractivity contribution in [1.29, 1.82) is 0 Å². The number of nitrogens with one attached hydrogen (secondary N) is 1. The van der Waals surface area contributed by atoms with Gasteiger partial charge < -0.3 is 14.8 Å². The Kier molecular flexibility index (Phi) is 8.67. The van der Waals surface area contributed by atoms with Gasteiger partial charge in [-0.1, -0.05) is 37.3 Å². The second kappa shape index (κ2) is 10.4. The molecule has 1 atom stereocenters. The van der Waals surface area contributed by atoms with E-state index in [-0.39, 0.29) is 11.8 Å². The summed E-state index contributed by atoms with van der Waals surface area (Å²) in [5.41, 5.74) is 1.07. The summed E-state index contributed by atoms with van der Waals surface area (Å²) in [6.07, 6.45) is 1.63. The van der Waals surface area contributed by atoms with Crippen LogP contribution in [-0.2, 0) is 14.3 Å². The highest BCUT2D eigenvalue weighted by atomic mass is 16.5. The van der Waals surface area contributed by atoms with Crippen molar-refractivity contribution in [2.75, 3.05) is 33.5 Å². The van der Waals surface area contributed by atoms with E-state index in [0.717, 1.165) is 18.4 Å². The van der Waals surface area contributed by atoms with E-state index in [0.29, 0.717) is 26.4 Å². The lowest BCUT2D eigenvalue weighted by Crippen LogP contribution is -2.30. The van der Waals surface area contributed by atoms with Gasteiger partial charge in [-0.3, -0.25) is 4.79 Å². The number of methoxy groups -OCH3 is 1. The summed E-state index contributed by atoms with van der Waals surface area (Å²) in [5.74, 6) is 0.0289. The Morgan fingerprint density at radius 2 is 1.95 bits per heavy atom. The number of hydrogen-bond acceptors (Lipinski definition) is 3. The summed E-state index contributed by atoms with van der Waals surface area (Å²) >= 11 is 0. The van der Waals surface area contributed by atoms with Gasteiger partial charge in [0.1, 0.15) is 0 Å². The molecule has 0 radical (unpaired) electrons. The lowest BCUT2D eigenvalue weighted by Gasteiger charge is -2.15. The molecule has 0 aliphatic carbocycles. The van der Waals surface area contributed by atoms with Gasteiger partial charge >= 0.3 is 0 Å². The van der Waals surface area contributed by atoms with Crippen molar-refractivity contribution >= 4 is 5.91 Å². The monoisotopic (exact) mass is 279 g/mol. The predicted molar refractivity (Wildman–Crippen MR) is 79.8 cm³/mol. The molecule has 4 heteroatoms. The first-order chi connectivity index (χ1) is 9.79. The molecule has 0 aromatic heterocycles. The Bertz CT molecular complexity index is 367. The largest absolute Gasteiger partial charge is 0.382 e. The minimum absolute atomic E-state index is 0.0643. The van der Waals surface area contributed by atoms with Crippen molar-refractivity contribution in [1.82, 2.24) is 5.32 Å². The molecule has 0 saturated heterocycles. The van der Waals surface area contributed by atoms with Gasteiger partial charge in [-0.15, -0.1) is 0 Å². The first-order valence-corrected chi connectivity index (χ1v) is 7.19. The molecule has 20 heavy (non-hydrogen) atoms. The average molecular weight is 279 g/mol. The van der Waals surface area contributed by atoms with Crippen LogP contribution in [0.4, 0.5) is 0 Å². The van der Waals surface area contributed by atoms with Crippen LogP contribution in [0.2, 0.25) is 0 Å². The molecule has 0 fully saturated rings. The van der Waals surface area contributed by atoms with Crippen molar-refractivity contribution in [3.8, 4) is 0 Å². The van der Waals surface area contributed by atoms with Crippen LogP contribution in [0.5, 0.6) is 0 Å². The molecular weight excluding hydrogens is 254 g/mol. The molecule has 1 unspecified atom stereocenters. The minimum atomic E-state index is -0.0643. The van der Waals surface area contributed by atoms with Crippen molar-refractivity contribution in [3.63, 3.8) is 0 Å². The molecule has 0 saturated carbocycles. The predicted octanol–water partition coefficient (Wildman–Crippen LogP) is 2.35. The zero-order valence-corrected chi connectivity index (χ0v) is 12.4. The number of carbonyl (C=O) groups is 1. The van der Waals surface area contributed by atoms with E-state index in [1.54, 1.807) is 7.11 Å². The third-order valence-electron chi connectivity index (χ3n) is 3.12. The average Bonchev–Trinajstić information content (AvgIpc) is 2.48. The normalized spacial score (nSPS) is 12.1. The van der Waals surface area contributed by atoms with E-state index in [1.807, 2.05) is 37.3 Å². The Labute approximate surface area is 121 Å². The van der Waals surface area contributed by atoms with Gasteiger partial charge in [0.25, 0.3) is 0 Å². The molecule has 0 spiro atoms. The van der Waals surface area contributed by atoms with Gasteiger partial charge in [0.15, 0.2) is 0 Å². The van der Waals surface area contributed by atoms with E-state index in [2.05, 4.69) is 5.32 Å². The molecule has 0 aliphatic rings. The van der Waals surface area contributed by atoms with Gasteiger partial charge in [0, 0.05) is 20.3 Å². The fourth-order valence-electron chi connectivity index (χ4n) is 2.01. The summed E-state index contributed by atoms with van der Waals surface area (Å²) in [7, 11) is 1.65. The molecule has 1 aromatic carbocycles. The van der Waals surface area contributed by atoms with Crippen molar-refractivity contribution in [3.05, 3.63) is 35.9 Å². The van der Waals surface area contributed by atoms with E-state index in [1.165, 1.54) is 0 Å². The number of amides is 1. The number of carbonyl (C=O) groups excluding carboxylic acids is 1. The first kappa shape index (κ1) is 16.7. The molecule has 0 aliphatic heterocycles. The van der Waals surface area contributed by atoms with Crippen LogP contribution < -0.4 is 5.32 Å². The maximum Gasteiger partial charge on any atom is 0.227 e. The molecule has 4 nitrogen and oxygen atoms in total. The van der Waals surface area contributed by atoms with Gasteiger partial charge in [-0.2, -0.15) is 0 Å². The Balaban J connectivity index is 2.24. The van der Waals surface area contributed by atoms with E-state index < -0.39 is 0 Å². The zero-order chi connectivity index (χ0) is 14.6. The van der Waals surface area contributed by atoms with Gasteiger partial charge in [-0.25, -0.2) is 0 Å². The molecule has 1 aromatic rings. The van der Waals surface area contributed by atoms with Gasteiger partial charge in [-0.05, 0) is 18.4 Å². The topological polar surface area (TPSA) is 47.6 Å². The lowest BCUT2D eigenvalue weighted by molar-refractivity contribution is -0.122. The molecule has 1 N–H and O–H groups in total. The van der Waals surface area contributed by atoms with Gasteiger partial charge in [0.05, 0.1) is 19.1 Å². The summed E-state index contributed by atoms with van der Waals surface area (Å²) < 4.78 is 10.2. The van der Waals surface area contributed by atoms with Crippen LogP contribution in [0.1, 0.15) is 31.2 Å². The standard InChI is InChI=1S/C16H25NO3/c1-3-15(14-8-5-4-6-9-14)16(18)17-10-7-11-20-13-12-19-2/h4-6,8-9,15H,3,7,10-13H2,1-2H3,(H,17,18). The maximum absolute atomic E-state index is 12.1. The Morgan fingerprint density at radius 3 is 2.60 bits per heavy atom. The molecule has 1 amide bonds. The number of hydrogen-bond donors (Lipinski definition) is 1. The number of rotatable bonds is 10. The summed E-state index contributed by atoms with van der Waals surface area (Å²) in [4.78, 5) is 12.1. The fourth-order valence-corrected chi connectivity index (χ4v) is 2.01. The summed E-state index contributed by atoms with van der Waals surface area (Å²) in [6.45, 7) is 4.54. The van der Waals surface area contributed by atoms with Crippen molar-refractivity contribution < 1.29 is 14.3 Å². The first-order valence-electron chi connectivity index (χ1n) is 7.19. The van der Waals surface area contributed by atoms with E-state index in [4.69, 9.17) is 9.47 Å². The third kappa shape index (κ3) is 6.17. The lowest BCUT2D eigenvalue weighted by atomic mass is 9.96. The fraction of sp³-hybridized carbons (Fsp3) is 0.562. The quantitative estimate of drug-likeness (QED) is 0.669. The van der Waals surface area contributed by atoms with Crippen LogP contribution in [0.25, 0.3) is 0 Å². The van der Waals surface area contributed by atoms with E-state index in [9.17, 15) is 4.79 Å². The third-order valence-corrected chi connectivity index (χ3v) is 3.12. The highest BCUT2D eigenvalue weighted by Gasteiger charge is 2.17. The van der Waals surface area contributed by atoms with Crippen LogP contribution in [0.3, 0.4) is 0 Å². The summed E-state index contributed by atoms with van der Waals surface area (Å²) in [6, 6.07) is 9.90. The second-order valence-corrected chi connectivity index (χ2v) is 4.62. The SMILES string of the molecule is CCC(C(=O)NCCCOCCOC)c1ccccc1. The zero-order valence-electron chi connectivity index (χ0n) is 12.4. The van der Waals surface area contributed by atoms with E-state index >= 15 is 0 Å². The molecule has 112 valence electrons. The summed E-state index contributed by atoms with van der Waals surface area (Å²) in [5, 5.41) is 2.97. The molecule has 0 heterocycles.